The van der Waals surface area contributed by atoms with Crippen molar-refractivity contribution in [1.29, 1.82) is 0 Å². The van der Waals surface area contributed by atoms with E-state index >= 15 is 0 Å². The molecule has 23 heavy (non-hydrogen) atoms. The molecular formula is C17H23ClN4O. The SMILES string of the molecule is Cc1c(Cl)c(C(=O)NCCN(C)CCc2ccccc2)nn1C. The van der Waals surface area contributed by atoms with Crippen LogP contribution in [0.3, 0.4) is 0 Å². The van der Waals surface area contributed by atoms with Crippen LogP contribution >= 0.6 is 11.6 Å². The lowest BCUT2D eigenvalue weighted by molar-refractivity contribution is 0.0944. The average molecular weight is 335 g/mol. The number of likely N-dealkylation sites (N-methyl/N-ethyl adjacent to an activating group) is 1. The van der Waals surface area contributed by atoms with Gasteiger partial charge in [-0.15, -0.1) is 0 Å². The monoisotopic (exact) mass is 334 g/mol. The minimum absolute atomic E-state index is 0.227. The molecule has 0 spiro atoms. The van der Waals surface area contributed by atoms with Gasteiger partial charge in [-0.05, 0) is 26.0 Å². The van der Waals surface area contributed by atoms with Gasteiger partial charge in [-0.3, -0.25) is 9.48 Å². The Morgan fingerprint density at radius 2 is 2.00 bits per heavy atom. The fourth-order valence-electron chi connectivity index (χ4n) is 2.25. The molecule has 0 aliphatic rings. The van der Waals surface area contributed by atoms with E-state index in [1.54, 1.807) is 11.7 Å². The second-order valence-corrected chi connectivity index (χ2v) is 6.04. The van der Waals surface area contributed by atoms with Crippen molar-refractivity contribution in [1.82, 2.24) is 20.0 Å². The zero-order valence-corrected chi connectivity index (χ0v) is 14.6. The maximum absolute atomic E-state index is 12.1. The standard InChI is InChI=1S/C17H23ClN4O/c1-13-15(18)16(20-22(13)3)17(23)19-10-12-21(2)11-9-14-7-5-4-6-8-14/h4-8H,9-12H2,1-3H3,(H,19,23). The number of amides is 1. The molecule has 1 amide bonds. The summed E-state index contributed by atoms with van der Waals surface area (Å²) in [5.41, 5.74) is 2.40. The van der Waals surface area contributed by atoms with Crippen LogP contribution in [0.25, 0.3) is 0 Å². The summed E-state index contributed by atoms with van der Waals surface area (Å²) in [4.78, 5) is 14.3. The van der Waals surface area contributed by atoms with Crippen LogP contribution in [0.1, 0.15) is 21.7 Å². The van der Waals surface area contributed by atoms with Crippen LogP contribution in [0.2, 0.25) is 5.02 Å². The second-order valence-electron chi connectivity index (χ2n) is 5.67. The van der Waals surface area contributed by atoms with Crippen molar-refractivity contribution in [2.45, 2.75) is 13.3 Å². The van der Waals surface area contributed by atoms with Crippen molar-refractivity contribution in [2.24, 2.45) is 7.05 Å². The molecule has 5 nitrogen and oxygen atoms in total. The van der Waals surface area contributed by atoms with Gasteiger partial charge >= 0.3 is 0 Å². The molecule has 1 aromatic carbocycles. The lowest BCUT2D eigenvalue weighted by Gasteiger charge is -2.16. The van der Waals surface area contributed by atoms with Crippen molar-refractivity contribution >= 4 is 17.5 Å². The van der Waals surface area contributed by atoms with Crippen molar-refractivity contribution in [2.75, 3.05) is 26.7 Å². The number of carbonyl (C=O) groups is 1. The predicted octanol–water partition coefficient (Wildman–Crippen LogP) is 2.29. The zero-order valence-electron chi connectivity index (χ0n) is 13.8. The number of benzene rings is 1. The molecule has 0 atom stereocenters. The number of aromatic nitrogens is 2. The van der Waals surface area contributed by atoms with Crippen molar-refractivity contribution in [3.63, 3.8) is 0 Å². The molecule has 1 N–H and O–H groups in total. The van der Waals surface area contributed by atoms with E-state index in [4.69, 9.17) is 11.6 Å². The molecular weight excluding hydrogens is 312 g/mol. The van der Waals surface area contributed by atoms with E-state index in [0.717, 1.165) is 25.2 Å². The van der Waals surface area contributed by atoms with E-state index in [1.807, 2.05) is 32.2 Å². The van der Waals surface area contributed by atoms with E-state index in [1.165, 1.54) is 5.56 Å². The van der Waals surface area contributed by atoms with E-state index in [-0.39, 0.29) is 5.91 Å². The smallest absolute Gasteiger partial charge is 0.273 e. The predicted molar refractivity (Wildman–Crippen MR) is 92.9 cm³/mol. The molecule has 0 aliphatic heterocycles. The normalized spacial score (nSPS) is 11.0. The molecule has 6 heteroatoms. The van der Waals surface area contributed by atoms with E-state index in [9.17, 15) is 4.79 Å². The molecule has 2 aromatic rings. The average Bonchev–Trinajstić information content (AvgIpc) is 2.81. The quantitative estimate of drug-likeness (QED) is 0.845. The van der Waals surface area contributed by atoms with Crippen LogP contribution < -0.4 is 5.32 Å². The number of nitrogens with one attached hydrogen (secondary N) is 1. The molecule has 0 saturated carbocycles. The van der Waals surface area contributed by atoms with Gasteiger partial charge in [0.1, 0.15) is 0 Å². The van der Waals surface area contributed by atoms with Crippen LogP contribution in [0, 0.1) is 6.92 Å². The molecule has 0 aliphatic carbocycles. The van der Waals surface area contributed by atoms with Gasteiger partial charge in [0.15, 0.2) is 5.69 Å². The third-order valence-corrected chi connectivity index (χ3v) is 4.33. The van der Waals surface area contributed by atoms with Gasteiger partial charge in [0.05, 0.1) is 10.7 Å². The van der Waals surface area contributed by atoms with Gasteiger partial charge in [-0.1, -0.05) is 41.9 Å². The number of carbonyl (C=O) groups excluding carboxylic acids is 1. The number of aryl methyl sites for hydroxylation is 1. The Morgan fingerprint density at radius 3 is 2.61 bits per heavy atom. The Morgan fingerprint density at radius 1 is 1.30 bits per heavy atom. The number of halogens is 1. The Balaban J connectivity index is 1.73. The summed E-state index contributed by atoms with van der Waals surface area (Å²) in [6.07, 6.45) is 0.997. The first-order valence-corrected chi connectivity index (χ1v) is 8.06. The van der Waals surface area contributed by atoms with Crippen molar-refractivity contribution < 1.29 is 4.79 Å². The minimum atomic E-state index is -0.227. The fourth-order valence-corrected chi connectivity index (χ4v) is 2.49. The first-order valence-electron chi connectivity index (χ1n) is 7.68. The van der Waals surface area contributed by atoms with Gasteiger partial charge in [0, 0.05) is 26.7 Å². The number of nitrogens with zero attached hydrogens (tertiary/aromatic N) is 3. The molecule has 2 rings (SSSR count). The topological polar surface area (TPSA) is 50.2 Å². The van der Waals surface area contributed by atoms with Gasteiger partial charge < -0.3 is 10.2 Å². The van der Waals surface area contributed by atoms with E-state index < -0.39 is 0 Å². The molecule has 0 fully saturated rings. The maximum Gasteiger partial charge on any atom is 0.273 e. The Hall–Kier alpha value is -1.85. The van der Waals surface area contributed by atoms with Gasteiger partial charge in [0.2, 0.25) is 0 Å². The summed E-state index contributed by atoms with van der Waals surface area (Å²) in [6, 6.07) is 10.4. The van der Waals surface area contributed by atoms with E-state index in [2.05, 4.69) is 27.4 Å². The Kier molecular flexibility index (Phi) is 6.19. The zero-order chi connectivity index (χ0) is 16.8. The third kappa shape index (κ3) is 4.81. The molecule has 0 saturated heterocycles. The highest BCUT2D eigenvalue weighted by molar-refractivity contribution is 6.34. The summed E-state index contributed by atoms with van der Waals surface area (Å²) in [7, 11) is 3.82. The third-order valence-electron chi connectivity index (χ3n) is 3.88. The lowest BCUT2D eigenvalue weighted by atomic mass is 10.1. The van der Waals surface area contributed by atoms with Crippen molar-refractivity contribution in [3.05, 3.63) is 52.3 Å². The minimum Gasteiger partial charge on any atom is -0.349 e. The maximum atomic E-state index is 12.1. The van der Waals surface area contributed by atoms with E-state index in [0.29, 0.717) is 17.3 Å². The fraction of sp³-hybridized carbons (Fsp3) is 0.412. The highest BCUT2D eigenvalue weighted by atomic mass is 35.5. The number of hydrogen-bond acceptors (Lipinski definition) is 3. The highest BCUT2D eigenvalue weighted by Crippen LogP contribution is 2.18. The Bertz CT molecular complexity index is 654. The molecule has 1 heterocycles. The molecule has 1 aromatic heterocycles. The highest BCUT2D eigenvalue weighted by Gasteiger charge is 2.17. The first-order chi connectivity index (χ1) is 11.0. The van der Waals surface area contributed by atoms with Crippen LogP contribution in [-0.2, 0) is 13.5 Å². The van der Waals surface area contributed by atoms with Crippen molar-refractivity contribution in [3.8, 4) is 0 Å². The summed E-state index contributed by atoms with van der Waals surface area (Å²) >= 11 is 6.11. The number of hydrogen-bond donors (Lipinski definition) is 1. The largest absolute Gasteiger partial charge is 0.349 e. The van der Waals surface area contributed by atoms with Crippen LogP contribution in [0.5, 0.6) is 0 Å². The Labute approximate surface area is 142 Å². The van der Waals surface area contributed by atoms with Crippen LogP contribution in [-0.4, -0.2) is 47.3 Å². The van der Waals surface area contributed by atoms with Gasteiger partial charge in [-0.2, -0.15) is 5.10 Å². The van der Waals surface area contributed by atoms with Crippen LogP contribution in [0.15, 0.2) is 30.3 Å². The van der Waals surface area contributed by atoms with Crippen LogP contribution in [0.4, 0.5) is 0 Å². The molecule has 0 radical (unpaired) electrons. The number of rotatable bonds is 7. The second kappa shape index (κ2) is 8.13. The first kappa shape index (κ1) is 17.5. The van der Waals surface area contributed by atoms with Gasteiger partial charge in [0.25, 0.3) is 5.91 Å². The van der Waals surface area contributed by atoms with Gasteiger partial charge in [-0.25, -0.2) is 0 Å². The summed E-state index contributed by atoms with van der Waals surface area (Å²) in [5, 5.41) is 7.43. The summed E-state index contributed by atoms with van der Waals surface area (Å²) in [6.45, 7) is 4.13. The summed E-state index contributed by atoms with van der Waals surface area (Å²) in [5.74, 6) is -0.227. The lowest BCUT2D eigenvalue weighted by Crippen LogP contribution is -2.34. The summed E-state index contributed by atoms with van der Waals surface area (Å²) < 4.78 is 1.61. The molecule has 0 bridgehead atoms. The molecule has 0 unspecified atom stereocenters. The molecule has 124 valence electrons.